The summed E-state index contributed by atoms with van der Waals surface area (Å²) in [6.45, 7) is 1.26. The third-order valence-electron chi connectivity index (χ3n) is 3.19. The number of rotatable bonds is 4. The molecule has 5 nitrogen and oxygen atoms in total. The fraction of sp³-hybridized carbons (Fsp3) is 0.500. The molecule has 1 amide bonds. The highest BCUT2D eigenvalue weighted by Crippen LogP contribution is 2.17. The number of β-amino-alcohol motifs (C(OH)–C–C–N with tert-alkyl or cyclic N) is 1. The normalized spacial score (nSPS) is 22.7. The van der Waals surface area contributed by atoms with Gasteiger partial charge in [0.1, 0.15) is 0 Å². The van der Waals surface area contributed by atoms with Crippen molar-refractivity contribution in [1.29, 1.82) is 0 Å². The predicted octanol–water partition coefficient (Wildman–Crippen LogP) is 0.410. The van der Waals surface area contributed by atoms with Crippen molar-refractivity contribution in [3.63, 3.8) is 0 Å². The van der Waals surface area contributed by atoms with Crippen LogP contribution in [0.5, 0.6) is 0 Å². The zero-order valence-electron chi connectivity index (χ0n) is 11.4. The molecule has 0 radical (unpaired) electrons. The average molecular weight is 263 g/mol. The minimum Gasteiger partial charge on any atom is -0.392 e. The molecule has 2 atom stereocenters. The first-order valence-electron chi connectivity index (χ1n) is 6.51. The van der Waals surface area contributed by atoms with Crippen molar-refractivity contribution in [1.82, 2.24) is 10.2 Å². The molecule has 1 fully saturated rings. The number of carbonyl (C=O) groups excluding carboxylic acids is 1. The molecule has 1 saturated heterocycles. The van der Waals surface area contributed by atoms with Crippen LogP contribution in [0.3, 0.4) is 0 Å². The second-order valence-corrected chi connectivity index (χ2v) is 5.23. The molecule has 1 heterocycles. The Kier molecular flexibility index (Phi) is 4.52. The first-order chi connectivity index (χ1) is 9.06. The van der Waals surface area contributed by atoms with Gasteiger partial charge in [-0.3, -0.25) is 4.79 Å². The van der Waals surface area contributed by atoms with E-state index in [0.29, 0.717) is 13.0 Å². The Morgan fingerprint density at radius 1 is 1.47 bits per heavy atom. The molecule has 0 aromatic heterocycles. The van der Waals surface area contributed by atoms with E-state index in [1.165, 1.54) is 0 Å². The molecule has 19 heavy (non-hydrogen) atoms. The van der Waals surface area contributed by atoms with Gasteiger partial charge in [-0.1, -0.05) is 18.2 Å². The molecule has 3 N–H and O–H groups in total. The summed E-state index contributed by atoms with van der Waals surface area (Å²) in [5.74, 6) is -0.0808. The van der Waals surface area contributed by atoms with E-state index in [0.717, 1.165) is 17.8 Å². The van der Waals surface area contributed by atoms with Crippen LogP contribution in [0.25, 0.3) is 0 Å². The molecule has 1 aromatic carbocycles. The predicted molar refractivity (Wildman–Crippen MR) is 74.9 cm³/mol. The van der Waals surface area contributed by atoms with E-state index in [1.54, 1.807) is 0 Å². The number of aliphatic hydroxyl groups is 1. The van der Waals surface area contributed by atoms with E-state index < -0.39 is 6.10 Å². The summed E-state index contributed by atoms with van der Waals surface area (Å²) in [5.41, 5.74) is 1.92. The van der Waals surface area contributed by atoms with Crippen LogP contribution in [0.1, 0.15) is 12.0 Å². The number of aliphatic hydroxyl groups excluding tert-OH is 1. The van der Waals surface area contributed by atoms with E-state index in [1.807, 2.05) is 38.4 Å². The number of carbonyl (C=O) groups is 1. The second kappa shape index (κ2) is 6.14. The van der Waals surface area contributed by atoms with Gasteiger partial charge in [0.15, 0.2) is 0 Å². The topological polar surface area (TPSA) is 64.6 Å². The van der Waals surface area contributed by atoms with E-state index in [9.17, 15) is 9.90 Å². The summed E-state index contributed by atoms with van der Waals surface area (Å²) in [5, 5.41) is 15.4. The first-order valence-corrected chi connectivity index (χ1v) is 6.51. The number of amides is 1. The minimum absolute atomic E-state index is 0.0808. The van der Waals surface area contributed by atoms with Gasteiger partial charge in [-0.05, 0) is 32.1 Å². The van der Waals surface area contributed by atoms with Gasteiger partial charge in [-0.15, -0.1) is 0 Å². The Balaban J connectivity index is 2.04. The zero-order chi connectivity index (χ0) is 13.8. The number of hydrogen-bond acceptors (Lipinski definition) is 4. The summed E-state index contributed by atoms with van der Waals surface area (Å²) < 4.78 is 0. The Hall–Kier alpha value is -1.43. The van der Waals surface area contributed by atoms with E-state index in [-0.39, 0.29) is 11.9 Å². The largest absolute Gasteiger partial charge is 0.392 e. The van der Waals surface area contributed by atoms with Crippen molar-refractivity contribution in [2.75, 3.05) is 26.0 Å². The molecule has 0 saturated carbocycles. The van der Waals surface area contributed by atoms with Crippen LogP contribution in [0, 0.1) is 0 Å². The van der Waals surface area contributed by atoms with Crippen LogP contribution in [0.2, 0.25) is 0 Å². The lowest BCUT2D eigenvalue weighted by atomic mass is 10.1. The Morgan fingerprint density at radius 3 is 2.84 bits per heavy atom. The summed E-state index contributed by atoms with van der Waals surface area (Å²) in [6, 6.07) is 7.48. The lowest BCUT2D eigenvalue weighted by Gasteiger charge is -2.16. The minimum atomic E-state index is -0.423. The maximum absolute atomic E-state index is 12.1. The molecular formula is C14H21N3O2. The lowest BCUT2D eigenvalue weighted by Crippen LogP contribution is -2.35. The van der Waals surface area contributed by atoms with Gasteiger partial charge in [-0.2, -0.15) is 0 Å². The molecule has 104 valence electrons. The lowest BCUT2D eigenvalue weighted by molar-refractivity contribution is -0.117. The first kappa shape index (κ1) is 14.0. The van der Waals surface area contributed by atoms with Gasteiger partial charge in [0.05, 0.1) is 12.1 Å². The van der Waals surface area contributed by atoms with Crippen molar-refractivity contribution in [2.24, 2.45) is 0 Å². The van der Waals surface area contributed by atoms with Gasteiger partial charge < -0.3 is 20.6 Å². The van der Waals surface area contributed by atoms with Crippen molar-refractivity contribution >= 4 is 11.6 Å². The monoisotopic (exact) mass is 263 g/mol. The van der Waals surface area contributed by atoms with Crippen LogP contribution in [-0.4, -0.2) is 48.7 Å². The van der Waals surface area contributed by atoms with Crippen molar-refractivity contribution < 1.29 is 9.90 Å². The van der Waals surface area contributed by atoms with Gasteiger partial charge in [0, 0.05) is 18.8 Å². The third kappa shape index (κ3) is 3.76. The summed E-state index contributed by atoms with van der Waals surface area (Å²) in [7, 11) is 3.99. The molecule has 1 aromatic rings. The van der Waals surface area contributed by atoms with Crippen LogP contribution < -0.4 is 10.6 Å². The molecule has 0 aliphatic carbocycles. The van der Waals surface area contributed by atoms with Crippen molar-refractivity contribution in [2.45, 2.75) is 25.1 Å². The van der Waals surface area contributed by atoms with E-state index >= 15 is 0 Å². The Bertz CT molecular complexity index is 448. The highest BCUT2D eigenvalue weighted by molar-refractivity contribution is 5.95. The van der Waals surface area contributed by atoms with Gasteiger partial charge in [0.25, 0.3) is 0 Å². The molecule has 0 bridgehead atoms. The fourth-order valence-corrected chi connectivity index (χ4v) is 2.26. The maximum Gasteiger partial charge on any atom is 0.241 e. The van der Waals surface area contributed by atoms with Gasteiger partial charge in [0.2, 0.25) is 5.91 Å². The molecule has 5 heteroatoms. The SMILES string of the molecule is CN(C)Cc1ccccc1NC(=O)C1CC(O)CN1. The summed E-state index contributed by atoms with van der Waals surface area (Å²) in [4.78, 5) is 14.2. The van der Waals surface area contributed by atoms with E-state index in [2.05, 4.69) is 15.5 Å². The molecule has 1 aliphatic rings. The standard InChI is InChI=1S/C14H21N3O2/c1-17(2)9-10-5-3-4-6-12(10)16-14(19)13-7-11(18)8-15-13/h3-6,11,13,15,18H,7-9H2,1-2H3,(H,16,19). The quantitative estimate of drug-likeness (QED) is 0.736. The number of nitrogens with zero attached hydrogens (tertiary/aromatic N) is 1. The number of anilines is 1. The smallest absolute Gasteiger partial charge is 0.241 e. The fourth-order valence-electron chi connectivity index (χ4n) is 2.26. The van der Waals surface area contributed by atoms with Crippen molar-refractivity contribution in [3.05, 3.63) is 29.8 Å². The Labute approximate surface area is 113 Å². The maximum atomic E-state index is 12.1. The van der Waals surface area contributed by atoms with Crippen LogP contribution in [-0.2, 0) is 11.3 Å². The average Bonchev–Trinajstić information content (AvgIpc) is 2.78. The molecule has 0 spiro atoms. The van der Waals surface area contributed by atoms with Crippen molar-refractivity contribution in [3.8, 4) is 0 Å². The van der Waals surface area contributed by atoms with Gasteiger partial charge >= 0.3 is 0 Å². The zero-order valence-corrected chi connectivity index (χ0v) is 11.4. The van der Waals surface area contributed by atoms with E-state index in [4.69, 9.17) is 0 Å². The number of nitrogens with one attached hydrogen (secondary N) is 2. The molecular weight excluding hydrogens is 242 g/mol. The van der Waals surface area contributed by atoms with Crippen LogP contribution >= 0.6 is 0 Å². The molecule has 2 rings (SSSR count). The second-order valence-electron chi connectivity index (χ2n) is 5.23. The van der Waals surface area contributed by atoms with Gasteiger partial charge in [-0.25, -0.2) is 0 Å². The summed E-state index contributed by atoms with van der Waals surface area (Å²) in [6.07, 6.45) is 0.0505. The number of para-hydroxylation sites is 1. The van der Waals surface area contributed by atoms with Crippen LogP contribution in [0.4, 0.5) is 5.69 Å². The van der Waals surface area contributed by atoms with Crippen LogP contribution in [0.15, 0.2) is 24.3 Å². The summed E-state index contributed by atoms with van der Waals surface area (Å²) >= 11 is 0. The number of hydrogen-bond donors (Lipinski definition) is 3. The molecule has 1 aliphatic heterocycles. The number of benzene rings is 1. The highest BCUT2D eigenvalue weighted by atomic mass is 16.3. The third-order valence-corrected chi connectivity index (χ3v) is 3.19. The Morgan fingerprint density at radius 2 is 2.21 bits per heavy atom. The molecule has 2 unspecified atom stereocenters. The highest BCUT2D eigenvalue weighted by Gasteiger charge is 2.28.